The zero-order chi connectivity index (χ0) is 16.0. The van der Waals surface area contributed by atoms with Crippen molar-refractivity contribution in [3.05, 3.63) is 22.7 Å². The number of rotatable bonds is 6. The standard InChI is InChI=1S/C13H17ClN2O5/c1-16(4-5-20-2)13(19)15-10-7-11(21-3)8(12(17)18)6-9(10)14/h6-7H,4-5H2,1-3H3,(H,15,19)(H,17,18). The van der Waals surface area contributed by atoms with Gasteiger partial charge >= 0.3 is 12.0 Å². The van der Waals surface area contributed by atoms with Gasteiger partial charge in [0.2, 0.25) is 0 Å². The molecule has 0 radical (unpaired) electrons. The molecule has 0 aromatic heterocycles. The maximum atomic E-state index is 11.9. The van der Waals surface area contributed by atoms with Gasteiger partial charge in [-0.2, -0.15) is 0 Å². The van der Waals surface area contributed by atoms with Crippen LogP contribution in [0.4, 0.5) is 10.5 Å². The average Bonchev–Trinajstić information content (AvgIpc) is 2.45. The number of carbonyl (C=O) groups is 2. The van der Waals surface area contributed by atoms with E-state index in [9.17, 15) is 9.59 Å². The molecule has 0 bridgehead atoms. The first-order valence-corrected chi connectivity index (χ1v) is 6.40. The van der Waals surface area contributed by atoms with Gasteiger partial charge < -0.3 is 24.8 Å². The second kappa shape index (κ2) is 7.70. The molecule has 0 aliphatic heterocycles. The van der Waals surface area contributed by atoms with E-state index in [2.05, 4.69) is 5.32 Å². The lowest BCUT2D eigenvalue weighted by Gasteiger charge is -2.18. The minimum Gasteiger partial charge on any atom is -0.496 e. The smallest absolute Gasteiger partial charge is 0.339 e. The highest BCUT2D eigenvalue weighted by Crippen LogP contribution is 2.31. The molecule has 0 atom stereocenters. The van der Waals surface area contributed by atoms with Crippen LogP contribution in [0.3, 0.4) is 0 Å². The van der Waals surface area contributed by atoms with E-state index in [4.69, 9.17) is 26.2 Å². The quantitative estimate of drug-likeness (QED) is 0.839. The van der Waals surface area contributed by atoms with Crippen LogP contribution in [-0.2, 0) is 4.74 Å². The first kappa shape index (κ1) is 17.1. The predicted octanol–water partition coefficient (Wildman–Crippen LogP) is 2.16. The largest absolute Gasteiger partial charge is 0.496 e. The molecule has 0 aliphatic rings. The van der Waals surface area contributed by atoms with Crippen molar-refractivity contribution in [1.29, 1.82) is 0 Å². The highest BCUT2D eigenvalue weighted by Gasteiger charge is 2.17. The van der Waals surface area contributed by atoms with Crippen LogP contribution in [0.1, 0.15) is 10.4 Å². The molecule has 8 heteroatoms. The fourth-order valence-corrected chi connectivity index (χ4v) is 1.74. The normalized spacial score (nSPS) is 10.1. The van der Waals surface area contributed by atoms with Gasteiger partial charge in [-0.05, 0) is 6.07 Å². The number of hydrogen-bond acceptors (Lipinski definition) is 4. The van der Waals surface area contributed by atoms with Gasteiger partial charge in [0.1, 0.15) is 11.3 Å². The molecule has 116 valence electrons. The Bertz CT molecular complexity index is 536. The van der Waals surface area contributed by atoms with Gasteiger partial charge in [-0.15, -0.1) is 0 Å². The van der Waals surface area contributed by atoms with Gasteiger partial charge in [-0.3, -0.25) is 0 Å². The van der Waals surface area contributed by atoms with Crippen LogP contribution in [0.5, 0.6) is 5.75 Å². The van der Waals surface area contributed by atoms with Crippen molar-refractivity contribution < 1.29 is 24.2 Å². The van der Waals surface area contributed by atoms with Crippen LogP contribution >= 0.6 is 11.6 Å². The van der Waals surface area contributed by atoms with Crippen LogP contribution in [0.2, 0.25) is 5.02 Å². The first-order valence-electron chi connectivity index (χ1n) is 6.02. The molecule has 0 saturated heterocycles. The molecule has 7 nitrogen and oxygen atoms in total. The van der Waals surface area contributed by atoms with Gasteiger partial charge in [0.05, 0.1) is 24.4 Å². The van der Waals surface area contributed by atoms with E-state index < -0.39 is 5.97 Å². The van der Waals surface area contributed by atoms with Crippen LogP contribution in [0.15, 0.2) is 12.1 Å². The lowest BCUT2D eigenvalue weighted by molar-refractivity contribution is 0.0693. The summed E-state index contributed by atoms with van der Waals surface area (Å²) in [6, 6.07) is 2.21. The zero-order valence-corrected chi connectivity index (χ0v) is 12.7. The number of hydrogen-bond donors (Lipinski definition) is 2. The summed E-state index contributed by atoms with van der Waals surface area (Å²) in [4.78, 5) is 24.4. The van der Waals surface area contributed by atoms with Crippen LogP contribution in [-0.4, -0.2) is 56.4 Å². The molecule has 0 aliphatic carbocycles. The maximum absolute atomic E-state index is 11.9. The fourth-order valence-electron chi connectivity index (χ4n) is 1.53. The summed E-state index contributed by atoms with van der Waals surface area (Å²) >= 11 is 5.98. The number of benzene rings is 1. The molecule has 1 rings (SSSR count). The molecule has 21 heavy (non-hydrogen) atoms. The molecule has 0 heterocycles. The molecule has 1 aromatic carbocycles. The predicted molar refractivity (Wildman–Crippen MR) is 78.5 cm³/mol. The third kappa shape index (κ3) is 4.51. The van der Waals surface area contributed by atoms with Crippen molar-refractivity contribution in [2.75, 3.05) is 39.7 Å². The Hall–Kier alpha value is -1.99. The SMILES string of the molecule is COCCN(C)C(=O)Nc1cc(OC)c(C(=O)O)cc1Cl. The molecule has 0 saturated carbocycles. The number of amides is 2. The molecule has 0 unspecified atom stereocenters. The van der Waals surface area contributed by atoms with E-state index in [1.54, 1.807) is 7.05 Å². The maximum Gasteiger partial charge on any atom is 0.339 e. The van der Waals surface area contributed by atoms with E-state index in [0.29, 0.717) is 13.2 Å². The van der Waals surface area contributed by atoms with Crippen LogP contribution in [0, 0.1) is 0 Å². The molecule has 0 spiro atoms. The van der Waals surface area contributed by atoms with E-state index in [0.717, 1.165) is 0 Å². The van der Waals surface area contributed by atoms with Gasteiger partial charge in [0, 0.05) is 26.8 Å². The van der Waals surface area contributed by atoms with Crippen molar-refractivity contribution >= 4 is 29.3 Å². The Morgan fingerprint density at radius 3 is 2.57 bits per heavy atom. The summed E-state index contributed by atoms with van der Waals surface area (Å²) in [5.74, 6) is -1.05. The van der Waals surface area contributed by atoms with Gasteiger partial charge in [-0.1, -0.05) is 11.6 Å². The number of ether oxygens (including phenoxy) is 2. The van der Waals surface area contributed by atoms with Gasteiger partial charge in [0.25, 0.3) is 0 Å². The highest BCUT2D eigenvalue weighted by atomic mass is 35.5. The van der Waals surface area contributed by atoms with E-state index in [1.165, 1.54) is 31.3 Å². The summed E-state index contributed by atoms with van der Waals surface area (Å²) in [7, 11) is 4.48. The molecular formula is C13H17ClN2O5. The number of nitrogens with one attached hydrogen (secondary N) is 1. The average molecular weight is 317 g/mol. The van der Waals surface area contributed by atoms with Crippen LogP contribution < -0.4 is 10.1 Å². The number of likely N-dealkylation sites (N-methyl/N-ethyl adjacent to an activating group) is 1. The fraction of sp³-hybridized carbons (Fsp3) is 0.385. The summed E-state index contributed by atoms with van der Waals surface area (Å²) in [6.45, 7) is 0.809. The number of methoxy groups -OCH3 is 2. The molecule has 1 aromatic rings. The monoisotopic (exact) mass is 316 g/mol. The summed E-state index contributed by atoms with van der Waals surface area (Å²) in [6.07, 6.45) is 0. The summed E-state index contributed by atoms with van der Waals surface area (Å²) < 4.78 is 9.87. The summed E-state index contributed by atoms with van der Waals surface area (Å²) in [5.41, 5.74) is 0.195. The Morgan fingerprint density at radius 1 is 1.38 bits per heavy atom. The number of anilines is 1. The Kier molecular flexibility index (Phi) is 6.26. The molecular weight excluding hydrogens is 300 g/mol. The van der Waals surface area contributed by atoms with Crippen molar-refractivity contribution in [2.45, 2.75) is 0 Å². The van der Waals surface area contributed by atoms with Gasteiger partial charge in [-0.25, -0.2) is 9.59 Å². The first-order chi connectivity index (χ1) is 9.90. The summed E-state index contributed by atoms with van der Waals surface area (Å²) in [5, 5.41) is 11.7. The lowest BCUT2D eigenvalue weighted by atomic mass is 10.2. The zero-order valence-electron chi connectivity index (χ0n) is 12.0. The second-order valence-corrected chi connectivity index (χ2v) is 4.59. The lowest BCUT2D eigenvalue weighted by Crippen LogP contribution is -2.33. The number of carboxylic acid groups (broad SMARTS) is 1. The number of aromatic carboxylic acids is 1. The van der Waals surface area contributed by atoms with E-state index in [1.807, 2.05) is 0 Å². The third-order valence-corrected chi connectivity index (χ3v) is 3.05. The number of carbonyl (C=O) groups excluding carboxylic acids is 1. The Morgan fingerprint density at radius 2 is 2.05 bits per heavy atom. The molecule has 2 amide bonds. The Balaban J connectivity index is 2.93. The number of halogens is 1. The number of nitrogens with zero attached hydrogens (tertiary/aromatic N) is 1. The highest BCUT2D eigenvalue weighted by molar-refractivity contribution is 6.34. The van der Waals surface area contributed by atoms with Crippen LogP contribution in [0.25, 0.3) is 0 Å². The molecule has 2 N–H and O–H groups in total. The topological polar surface area (TPSA) is 88.1 Å². The van der Waals surface area contributed by atoms with Crippen molar-refractivity contribution in [3.63, 3.8) is 0 Å². The second-order valence-electron chi connectivity index (χ2n) is 4.18. The molecule has 0 fully saturated rings. The number of carboxylic acids is 1. The van der Waals surface area contributed by atoms with E-state index in [-0.39, 0.29) is 28.1 Å². The van der Waals surface area contributed by atoms with Crippen molar-refractivity contribution in [2.24, 2.45) is 0 Å². The van der Waals surface area contributed by atoms with Crippen molar-refractivity contribution in [3.8, 4) is 5.75 Å². The minimum absolute atomic E-state index is 0.0757. The van der Waals surface area contributed by atoms with Gasteiger partial charge in [0.15, 0.2) is 0 Å². The Labute approximate surface area is 127 Å². The minimum atomic E-state index is -1.16. The van der Waals surface area contributed by atoms with E-state index >= 15 is 0 Å². The third-order valence-electron chi connectivity index (χ3n) is 2.74. The van der Waals surface area contributed by atoms with Crippen molar-refractivity contribution in [1.82, 2.24) is 4.90 Å². The number of urea groups is 1.